The van der Waals surface area contributed by atoms with E-state index in [1.807, 2.05) is 12.1 Å². The Morgan fingerprint density at radius 1 is 1.35 bits per heavy atom. The predicted octanol–water partition coefficient (Wildman–Crippen LogP) is 4.32. The van der Waals surface area contributed by atoms with Crippen molar-refractivity contribution in [3.05, 3.63) is 39.9 Å². The van der Waals surface area contributed by atoms with Crippen molar-refractivity contribution in [1.82, 2.24) is 4.98 Å². The highest BCUT2D eigenvalue weighted by Gasteiger charge is 2.26. The number of nitrogens with one attached hydrogen (secondary N) is 1. The van der Waals surface area contributed by atoms with Crippen LogP contribution in [0.25, 0.3) is 0 Å². The highest BCUT2D eigenvalue weighted by Crippen LogP contribution is 2.43. The number of nitrogens with zero attached hydrogens (tertiary/aromatic N) is 1. The first-order valence-corrected chi connectivity index (χ1v) is 10.00. The minimum Gasteiger partial charge on any atom is -0.331 e. The summed E-state index contributed by atoms with van der Waals surface area (Å²) in [7, 11) is -2.69. The molecule has 2 aromatic rings. The molecule has 3 nitrogen and oxygen atoms in total. The van der Waals surface area contributed by atoms with Gasteiger partial charge in [-0.2, -0.15) is 0 Å². The van der Waals surface area contributed by atoms with Crippen LogP contribution in [-0.2, 0) is 17.4 Å². The van der Waals surface area contributed by atoms with Crippen LogP contribution in [0.5, 0.6) is 0 Å². The van der Waals surface area contributed by atoms with E-state index in [2.05, 4.69) is 10.1 Å². The molecule has 1 atom stereocenters. The molecule has 1 aliphatic carbocycles. The Hall–Kier alpha value is -0.830. The predicted molar refractivity (Wildman–Crippen MR) is 87.0 cm³/mol. The van der Waals surface area contributed by atoms with Crippen LogP contribution in [0.2, 0.25) is 5.02 Å². The number of fused-ring (bicyclic) bond motifs is 1. The van der Waals surface area contributed by atoms with Gasteiger partial charge in [-0.3, -0.25) is 4.57 Å². The van der Waals surface area contributed by atoms with Crippen LogP contribution < -0.4 is 9.84 Å². The molecule has 0 fully saturated rings. The molecule has 0 saturated carbocycles. The van der Waals surface area contributed by atoms with Gasteiger partial charge in [-0.25, -0.2) is 4.98 Å². The number of hydrogen-bond donors (Lipinski definition) is 1. The van der Waals surface area contributed by atoms with Crippen molar-refractivity contribution in [1.29, 1.82) is 0 Å². The zero-order chi connectivity index (χ0) is 14.2. The summed E-state index contributed by atoms with van der Waals surface area (Å²) < 4.78 is 13.6. The lowest BCUT2D eigenvalue weighted by Gasteiger charge is -2.13. The number of thiazole rings is 1. The maximum atomic E-state index is 12.9. The van der Waals surface area contributed by atoms with Crippen LogP contribution in [0.1, 0.15) is 23.4 Å². The Kier molecular flexibility index (Phi) is 3.89. The van der Waals surface area contributed by atoms with Crippen LogP contribution in [0.3, 0.4) is 0 Å². The average molecular weight is 327 g/mol. The van der Waals surface area contributed by atoms with Gasteiger partial charge in [0.2, 0.25) is 7.29 Å². The molecule has 0 amide bonds. The number of halogens is 1. The molecule has 1 aliphatic rings. The number of aryl methyl sites for hydroxylation is 2. The summed E-state index contributed by atoms with van der Waals surface area (Å²) in [5, 5.41) is 3.74. The minimum absolute atomic E-state index is 0.633. The SMILES string of the molecule is C[P@](=O)(Nc1cccc(Cl)c1)c1nc2c(s1)CCCC2. The topological polar surface area (TPSA) is 42.0 Å². The van der Waals surface area contributed by atoms with E-state index >= 15 is 0 Å². The van der Waals surface area contributed by atoms with Crippen molar-refractivity contribution in [2.75, 3.05) is 11.8 Å². The van der Waals surface area contributed by atoms with E-state index in [9.17, 15) is 4.57 Å². The third-order valence-corrected chi connectivity index (χ3v) is 7.40. The van der Waals surface area contributed by atoms with Gasteiger partial charge < -0.3 is 5.09 Å². The molecule has 0 radical (unpaired) electrons. The smallest absolute Gasteiger partial charge is 0.223 e. The van der Waals surface area contributed by atoms with Crippen molar-refractivity contribution in [2.45, 2.75) is 25.7 Å². The fourth-order valence-corrected chi connectivity index (χ4v) is 5.65. The molecular formula is C14H16ClN2OPS. The third-order valence-electron chi connectivity index (χ3n) is 3.37. The maximum Gasteiger partial charge on any atom is 0.223 e. The third kappa shape index (κ3) is 2.93. The quantitative estimate of drug-likeness (QED) is 0.854. The standard InChI is InChI=1S/C14H16ClN2OPS/c1-19(18,17-11-6-4-5-10(15)9-11)14-16-12-7-2-3-8-13(12)20-14/h4-6,9H,2-3,7-8H2,1H3,(H,17,18)/t19-/m1/s1. The fourth-order valence-electron chi connectivity index (χ4n) is 2.37. The van der Waals surface area contributed by atoms with E-state index in [0.717, 1.165) is 29.0 Å². The first-order valence-electron chi connectivity index (χ1n) is 6.65. The highest BCUT2D eigenvalue weighted by atomic mass is 35.5. The van der Waals surface area contributed by atoms with E-state index in [-0.39, 0.29) is 0 Å². The van der Waals surface area contributed by atoms with Gasteiger partial charge in [0.05, 0.1) is 5.69 Å². The lowest BCUT2D eigenvalue weighted by molar-refractivity contribution is 0.587. The minimum atomic E-state index is -2.69. The summed E-state index contributed by atoms with van der Waals surface area (Å²) in [6, 6.07) is 7.30. The highest BCUT2D eigenvalue weighted by molar-refractivity contribution is 7.77. The number of rotatable bonds is 3. The Labute approximate surface area is 127 Å². The zero-order valence-electron chi connectivity index (χ0n) is 11.2. The maximum absolute atomic E-state index is 12.9. The van der Waals surface area contributed by atoms with E-state index in [1.165, 1.54) is 17.7 Å². The van der Waals surface area contributed by atoms with Gasteiger partial charge in [-0.1, -0.05) is 17.7 Å². The van der Waals surface area contributed by atoms with Crippen LogP contribution in [0.4, 0.5) is 5.69 Å². The Bertz CT molecular complexity index is 662. The molecule has 0 saturated heterocycles. The van der Waals surface area contributed by atoms with Gasteiger partial charge in [0, 0.05) is 22.3 Å². The molecule has 20 heavy (non-hydrogen) atoms. The van der Waals surface area contributed by atoms with E-state index in [0.29, 0.717) is 5.02 Å². The van der Waals surface area contributed by atoms with Crippen molar-refractivity contribution >= 4 is 40.7 Å². The summed E-state index contributed by atoms with van der Waals surface area (Å²) in [4.78, 5) is 5.91. The second-order valence-electron chi connectivity index (χ2n) is 5.12. The molecule has 1 aromatic carbocycles. The van der Waals surface area contributed by atoms with E-state index in [4.69, 9.17) is 11.6 Å². The Morgan fingerprint density at radius 3 is 2.90 bits per heavy atom. The van der Waals surface area contributed by atoms with Gasteiger partial charge in [0.15, 0.2) is 4.75 Å². The van der Waals surface area contributed by atoms with Gasteiger partial charge in [-0.15, -0.1) is 11.3 Å². The fraction of sp³-hybridized carbons (Fsp3) is 0.357. The molecule has 106 valence electrons. The van der Waals surface area contributed by atoms with Crippen LogP contribution in [0.15, 0.2) is 24.3 Å². The molecule has 6 heteroatoms. The zero-order valence-corrected chi connectivity index (χ0v) is 13.7. The molecule has 1 N–H and O–H groups in total. The second kappa shape index (κ2) is 5.51. The Balaban J connectivity index is 1.87. The summed E-state index contributed by atoms with van der Waals surface area (Å²) >= 11 is 7.56. The molecule has 1 aromatic heterocycles. The summed E-state index contributed by atoms with van der Waals surface area (Å²) in [6.45, 7) is 1.73. The van der Waals surface area contributed by atoms with E-state index in [1.54, 1.807) is 30.1 Å². The van der Waals surface area contributed by atoms with Crippen molar-refractivity contribution < 1.29 is 4.57 Å². The Morgan fingerprint density at radius 2 is 2.15 bits per heavy atom. The number of anilines is 1. The second-order valence-corrected chi connectivity index (χ2v) is 9.44. The monoisotopic (exact) mass is 326 g/mol. The van der Waals surface area contributed by atoms with Gasteiger partial charge >= 0.3 is 0 Å². The number of hydrogen-bond acceptors (Lipinski definition) is 3. The number of benzene rings is 1. The summed E-state index contributed by atoms with van der Waals surface area (Å²) in [6.07, 6.45) is 4.49. The molecule has 0 aliphatic heterocycles. The average Bonchev–Trinajstić information content (AvgIpc) is 2.82. The molecule has 3 rings (SSSR count). The van der Waals surface area contributed by atoms with Crippen molar-refractivity contribution in [2.24, 2.45) is 0 Å². The van der Waals surface area contributed by atoms with Gasteiger partial charge in [0.25, 0.3) is 0 Å². The van der Waals surface area contributed by atoms with E-state index < -0.39 is 7.29 Å². The normalized spacial score (nSPS) is 17.3. The number of aromatic nitrogens is 1. The van der Waals surface area contributed by atoms with Crippen LogP contribution in [0, 0.1) is 0 Å². The van der Waals surface area contributed by atoms with Crippen LogP contribution in [-0.4, -0.2) is 11.6 Å². The van der Waals surface area contributed by atoms with Crippen molar-refractivity contribution in [3.63, 3.8) is 0 Å². The summed E-state index contributed by atoms with van der Waals surface area (Å²) in [5.41, 5.74) is 1.92. The largest absolute Gasteiger partial charge is 0.331 e. The van der Waals surface area contributed by atoms with Crippen molar-refractivity contribution in [3.8, 4) is 0 Å². The molecule has 0 bridgehead atoms. The first kappa shape index (κ1) is 14.1. The molecule has 1 heterocycles. The summed E-state index contributed by atoms with van der Waals surface area (Å²) in [5.74, 6) is 0. The molecule has 0 unspecified atom stereocenters. The van der Waals surface area contributed by atoms with Gasteiger partial charge in [-0.05, 0) is 43.9 Å². The lowest BCUT2D eigenvalue weighted by Crippen LogP contribution is -2.10. The lowest BCUT2D eigenvalue weighted by atomic mass is 10.0. The molecule has 0 spiro atoms. The van der Waals surface area contributed by atoms with Gasteiger partial charge in [0.1, 0.15) is 0 Å². The molecular weight excluding hydrogens is 311 g/mol. The van der Waals surface area contributed by atoms with Crippen LogP contribution >= 0.6 is 30.2 Å². The first-order chi connectivity index (χ1) is 9.54.